The second-order valence-electron chi connectivity index (χ2n) is 4.45. The van der Waals surface area contributed by atoms with Gasteiger partial charge >= 0.3 is 5.97 Å². The highest BCUT2D eigenvalue weighted by Crippen LogP contribution is 2.18. The van der Waals surface area contributed by atoms with Crippen LogP contribution in [0.3, 0.4) is 0 Å². The van der Waals surface area contributed by atoms with Crippen molar-refractivity contribution in [2.24, 2.45) is 0 Å². The van der Waals surface area contributed by atoms with E-state index in [1.54, 1.807) is 13.0 Å². The lowest BCUT2D eigenvalue weighted by molar-refractivity contribution is 0.0661. The molecule has 2 aromatic heterocycles. The molecule has 2 rings (SSSR count). The molecule has 1 N–H and O–H groups in total. The number of carboxylic acid groups (broad SMARTS) is 1. The lowest BCUT2D eigenvalue weighted by Gasteiger charge is -2.03. The zero-order valence-corrected chi connectivity index (χ0v) is 10.9. The number of carbonyl (C=O) groups is 1. The highest BCUT2D eigenvalue weighted by Gasteiger charge is 2.15. The van der Waals surface area contributed by atoms with Crippen molar-refractivity contribution < 1.29 is 14.3 Å². The normalized spacial score (nSPS) is 10.9. The van der Waals surface area contributed by atoms with Crippen LogP contribution in [0.2, 0.25) is 0 Å². The minimum atomic E-state index is -1.05. The number of hydrogen-bond donors (Lipinski definition) is 1. The van der Waals surface area contributed by atoms with E-state index in [0.717, 1.165) is 22.5 Å². The molecule has 0 unspecified atom stereocenters. The smallest absolute Gasteiger partial charge is 0.371 e. The first-order valence-electron chi connectivity index (χ1n) is 5.73. The molecule has 5 nitrogen and oxygen atoms in total. The summed E-state index contributed by atoms with van der Waals surface area (Å²) in [5, 5.41) is 13.3. The molecule has 0 aliphatic heterocycles. The van der Waals surface area contributed by atoms with E-state index in [9.17, 15) is 4.79 Å². The Bertz CT molecular complexity index is 608. The Hall–Kier alpha value is -2.04. The zero-order valence-electron chi connectivity index (χ0n) is 10.9. The first kappa shape index (κ1) is 12.4. The van der Waals surface area contributed by atoms with Gasteiger partial charge < -0.3 is 9.52 Å². The Balaban J connectivity index is 2.34. The maximum absolute atomic E-state index is 10.8. The number of nitrogens with zero attached hydrogens (tertiary/aromatic N) is 2. The van der Waals surface area contributed by atoms with Crippen LogP contribution in [0, 0.1) is 27.7 Å². The van der Waals surface area contributed by atoms with Gasteiger partial charge in [-0.3, -0.25) is 4.68 Å². The summed E-state index contributed by atoms with van der Waals surface area (Å²) in [7, 11) is 0. The van der Waals surface area contributed by atoms with Gasteiger partial charge in [0.25, 0.3) is 0 Å². The fraction of sp³-hybridized carbons (Fsp3) is 0.385. The van der Waals surface area contributed by atoms with E-state index in [1.165, 1.54) is 0 Å². The largest absolute Gasteiger partial charge is 0.475 e. The van der Waals surface area contributed by atoms with Crippen LogP contribution in [-0.4, -0.2) is 20.9 Å². The minimum absolute atomic E-state index is 0.0271. The van der Waals surface area contributed by atoms with Crippen molar-refractivity contribution in [2.75, 3.05) is 0 Å². The Morgan fingerprint density at radius 1 is 1.39 bits per heavy atom. The predicted molar refractivity (Wildman–Crippen MR) is 65.9 cm³/mol. The predicted octanol–water partition coefficient (Wildman–Crippen LogP) is 2.46. The summed E-state index contributed by atoms with van der Waals surface area (Å²) in [6, 6.07) is 1.56. The summed E-state index contributed by atoms with van der Waals surface area (Å²) >= 11 is 0. The van der Waals surface area contributed by atoms with Crippen molar-refractivity contribution in [2.45, 2.75) is 34.2 Å². The molecule has 0 aliphatic carbocycles. The molecule has 0 fully saturated rings. The third-order valence-electron chi connectivity index (χ3n) is 3.29. The minimum Gasteiger partial charge on any atom is -0.475 e. The van der Waals surface area contributed by atoms with Gasteiger partial charge in [-0.25, -0.2) is 4.79 Å². The summed E-state index contributed by atoms with van der Waals surface area (Å²) < 4.78 is 7.05. The molecule has 0 bridgehead atoms. The number of furan rings is 1. The second kappa shape index (κ2) is 4.33. The van der Waals surface area contributed by atoms with E-state index in [4.69, 9.17) is 9.52 Å². The van der Waals surface area contributed by atoms with Gasteiger partial charge in [-0.1, -0.05) is 0 Å². The monoisotopic (exact) mass is 248 g/mol. The van der Waals surface area contributed by atoms with E-state index < -0.39 is 5.97 Å². The number of aryl methyl sites for hydroxylation is 2. The van der Waals surface area contributed by atoms with E-state index >= 15 is 0 Å². The molecule has 5 heteroatoms. The van der Waals surface area contributed by atoms with Gasteiger partial charge in [0.05, 0.1) is 12.2 Å². The van der Waals surface area contributed by atoms with Crippen LogP contribution in [0.1, 0.15) is 38.8 Å². The molecule has 2 aromatic rings. The Labute approximate surface area is 105 Å². The van der Waals surface area contributed by atoms with Crippen molar-refractivity contribution in [3.05, 3.63) is 40.1 Å². The Morgan fingerprint density at radius 3 is 2.50 bits per heavy atom. The average Bonchev–Trinajstić information content (AvgIpc) is 2.77. The molecule has 0 radical (unpaired) electrons. The highest BCUT2D eigenvalue weighted by molar-refractivity contribution is 5.84. The lowest BCUT2D eigenvalue weighted by atomic mass is 10.2. The van der Waals surface area contributed by atoms with Gasteiger partial charge in [0.15, 0.2) is 0 Å². The lowest BCUT2D eigenvalue weighted by Crippen LogP contribution is -2.04. The van der Waals surface area contributed by atoms with Crippen molar-refractivity contribution in [1.29, 1.82) is 0 Å². The SMILES string of the molecule is Cc1nn(Cc2cc(C(=O)O)oc2C)c(C)c1C. The second-order valence-corrected chi connectivity index (χ2v) is 4.45. The molecule has 18 heavy (non-hydrogen) atoms. The van der Waals surface area contributed by atoms with Gasteiger partial charge in [-0.05, 0) is 39.3 Å². The van der Waals surface area contributed by atoms with Crippen molar-refractivity contribution in [1.82, 2.24) is 9.78 Å². The molecule has 0 aliphatic rings. The first-order valence-corrected chi connectivity index (χ1v) is 5.73. The van der Waals surface area contributed by atoms with Gasteiger partial charge in [-0.2, -0.15) is 5.10 Å². The topological polar surface area (TPSA) is 68.3 Å². The van der Waals surface area contributed by atoms with E-state index in [1.807, 2.05) is 25.5 Å². The number of rotatable bonds is 3. The van der Waals surface area contributed by atoms with Crippen LogP contribution >= 0.6 is 0 Å². The maximum atomic E-state index is 10.8. The van der Waals surface area contributed by atoms with Crippen LogP contribution in [0.25, 0.3) is 0 Å². The molecule has 0 saturated carbocycles. The van der Waals surface area contributed by atoms with Crippen LogP contribution in [0.15, 0.2) is 10.5 Å². The van der Waals surface area contributed by atoms with Crippen molar-refractivity contribution >= 4 is 5.97 Å². The molecule has 0 amide bonds. The Morgan fingerprint density at radius 2 is 2.06 bits per heavy atom. The number of carboxylic acids is 1. The summed E-state index contributed by atoms with van der Waals surface area (Å²) in [5.74, 6) is -0.452. The molecular weight excluding hydrogens is 232 g/mol. The van der Waals surface area contributed by atoms with Crippen LogP contribution in [-0.2, 0) is 6.54 Å². The fourth-order valence-corrected chi connectivity index (χ4v) is 1.88. The fourth-order valence-electron chi connectivity index (χ4n) is 1.88. The van der Waals surface area contributed by atoms with E-state index in [-0.39, 0.29) is 5.76 Å². The van der Waals surface area contributed by atoms with Crippen molar-refractivity contribution in [3.8, 4) is 0 Å². The molecule has 0 atom stereocenters. The average molecular weight is 248 g/mol. The van der Waals surface area contributed by atoms with Gasteiger partial charge in [0.2, 0.25) is 5.76 Å². The standard InChI is InChI=1S/C13H16N2O3/c1-7-8(2)14-15(9(7)3)6-11-5-12(13(16)17)18-10(11)4/h5H,6H2,1-4H3,(H,16,17). The summed E-state index contributed by atoms with van der Waals surface area (Å²) in [6.07, 6.45) is 0. The van der Waals surface area contributed by atoms with Crippen LogP contribution < -0.4 is 0 Å². The summed E-state index contributed by atoms with van der Waals surface area (Å²) in [5.41, 5.74) is 4.09. The number of hydrogen-bond acceptors (Lipinski definition) is 3. The third kappa shape index (κ3) is 2.03. The van der Waals surface area contributed by atoms with Crippen molar-refractivity contribution in [3.63, 3.8) is 0 Å². The number of aromatic nitrogens is 2. The molecule has 0 aromatic carbocycles. The quantitative estimate of drug-likeness (QED) is 0.905. The maximum Gasteiger partial charge on any atom is 0.371 e. The van der Waals surface area contributed by atoms with Gasteiger partial charge in [0.1, 0.15) is 5.76 Å². The third-order valence-corrected chi connectivity index (χ3v) is 3.29. The molecular formula is C13H16N2O3. The molecule has 2 heterocycles. The summed E-state index contributed by atoms with van der Waals surface area (Å²) in [4.78, 5) is 10.8. The molecule has 0 saturated heterocycles. The van der Waals surface area contributed by atoms with Crippen LogP contribution in [0.5, 0.6) is 0 Å². The van der Waals surface area contributed by atoms with E-state index in [0.29, 0.717) is 12.3 Å². The molecule has 0 spiro atoms. The molecule has 96 valence electrons. The zero-order chi connectivity index (χ0) is 13.4. The van der Waals surface area contributed by atoms with Gasteiger partial charge in [-0.15, -0.1) is 0 Å². The van der Waals surface area contributed by atoms with Gasteiger partial charge in [0, 0.05) is 11.3 Å². The number of aromatic carboxylic acids is 1. The van der Waals surface area contributed by atoms with E-state index in [2.05, 4.69) is 5.10 Å². The van der Waals surface area contributed by atoms with Crippen LogP contribution in [0.4, 0.5) is 0 Å². The Kier molecular flexibility index (Phi) is 2.98. The highest BCUT2D eigenvalue weighted by atomic mass is 16.4. The first-order chi connectivity index (χ1) is 8.40. The summed E-state index contributed by atoms with van der Waals surface area (Å²) in [6.45, 7) is 8.29.